The lowest BCUT2D eigenvalue weighted by Crippen LogP contribution is -2.43. The van der Waals surface area contributed by atoms with Gasteiger partial charge in [0.2, 0.25) is 0 Å². The molecule has 1 N–H and O–H groups in total. The van der Waals surface area contributed by atoms with Gasteiger partial charge in [0.25, 0.3) is 0 Å². The van der Waals surface area contributed by atoms with Gasteiger partial charge in [-0.2, -0.15) is 0 Å². The van der Waals surface area contributed by atoms with Gasteiger partial charge < -0.3 is 4.98 Å². The van der Waals surface area contributed by atoms with Crippen LogP contribution in [0.25, 0.3) is 6.08 Å². The van der Waals surface area contributed by atoms with Gasteiger partial charge >= 0.3 is 0 Å². The Kier molecular flexibility index (Phi) is 5.18. The molecule has 0 unspecified atom stereocenters. The molecule has 5 heteroatoms. The molecule has 4 nitrogen and oxygen atoms in total. The monoisotopic (exact) mass is 354 g/mol. The molecule has 0 amide bonds. The largest absolute Gasteiger partial charge is 0.348 e. The number of hydrogen-bond donors (Lipinski definition) is 1. The number of rotatable bonds is 5. The molecule has 3 saturated heterocycles. The van der Waals surface area contributed by atoms with E-state index in [0.29, 0.717) is 6.04 Å². The average molecular weight is 354 g/mol. The third-order valence-electron chi connectivity index (χ3n) is 5.73. The summed E-state index contributed by atoms with van der Waals surface area (Å²) in [6, 6.07) is 7.30. The standard InChI is InChI=1S/C21H27FN4/c1-16-21(24-15-23-16)14-25-11-18-6-9-20(13-25)26(12-18)10-2-3-17-4-7-19(22)8-5-17/h2-5,7-8,15,18,20H,6,9-14H2,1H3,(H,23,24)/t18-,20+/m0/s1. The first kappa shape index (κ1) is 17.4. The Balaban J connectivity index is 1.37. The zero-order chi connectivity index (χ0) is 17.9. The molecule has 0 radical (unpaired) electrons. The molecule has 3 aliphatic rings. The van der Waals surface area contributed by atoms with Gasteiger partial charge in [0.1, 0.15) is 5.82 Å². The van der Waals surface area contributed by atoms with Gasteiger partial charge in [0.05, 0.1) is 12.0 Å². The highest BCUT2D eigenvalue weighted by Gasteiger charge is 2.34. The Labute approximate surface area is 154 Å². The van der Waals surface area contributed by atoms with Crippen LogP contribution in [0.15, 0.2) is 36.7 Å². The molecule has 0 saturated carbocycles. The number of nitrogens with one attached hydrogen (secondary N) is 1. The van der Waals surface area contributed by atoms with E-state index in [1.54, 1.807) is 6.33 Å². The Bertz CT molecular complexity index is 752. The first-order valence-corrected chi connectivity index (χ1v) is 9.55. The van der Waals surface area contributed by atoms with Crippen molar-refractivity contribution in [3.05, 3.63) is 59.4 Å². The summed E-state index contributed by atoms with van der Waals surface area (Å²) in [5.74, 6) is 0.562. The van der Waals surface area contributed by atoms with Crippen molar-refractivity contribution in [2.24, 2.45) is 5.92 Å². The van der Waals surface area contributed by atoms with Crippen molar-refractivity contribution in [3.63, 3.8) is 0 Å². The van der Waals surface area contributed by atoms with E-state index in [0.717, 1.165) is 31.1 Å². The Morgan fingerprint density at radius 2 is 2.04 bits per heavy atom. The Hall–Kier alpha value is -1.98. The zero-order valence-corrected chi connectivity index (χ0v) is 15.4. The van der Waals surface area contributed by atoms with E-state index in [4.69, 9.17) is 0 Å². The first-order valence-electron chi connectivity index (χ1n) is 9.55. The average Bonchev–Trinajstić information content (AvgIpc) is 2.85. The molecule has 2 atom stereocenters. The smallest absolute Gasteiger partial charge is 0.123 e. The summed E-state index contributed by atoms with van der Waals surface area (Å²) in [6.07, 6.45) is 8.73. The fourth-order valence-electron chi connectivity index (χ4n) is 4.29. The lowest BCUT2D eigenvalue weighted by atomic mass is 9.95. The highest BCUT2D eigenvalue weighted by atomic mass is 19.1. The second kappa shape index (κ2) is 7.72. The summed E-state index contributed by atoms with van der Waals surface area (Å²) in [7, 11) is 0. The molecular weight excluding hydrogens is 327 g/mol. The van der Waals surface area contributed by atoms with E-state index in [9.17, 15) is 4.39 Å². The van der Waals surface area contributed by atoms with Crippen molar-refractivity contribution in [3.8, 4) is 0 Å². The molecule has 3 fully saturated rings. The van der Waals surface area contributed by atoms with Gasteiger partial charge in [-0.25, -0.2) is 9.37 Å². The second-order valence-electron chi connectivity index (χ2n) is 7.67. The number of hydrogen-bond acceptors (Lipinski definition) is 3. The molecule has 1 aromatic carbocycles. The number of aryl methyl sites for hydroxylation is 1. The van der Waals surface area contributed by atoms with E-state index in [1.165, 1.54) is 49.5 Å². The molecule has 0 spiro atoms. The maximum Gasteiger partial charge on any atom is 0.123 e. The third kappa shape index (κ3) is 4.05. The van der Waals surface area contributed by atoms with Crippen molar-refractivity contribution in [1.82, 2.24) is 19.8 Å². The summed E-state index contributed by atoms with van der Waals surface area (Å²) < 4.78 is 13.0. The number of halogens is 1. The van der Waals surface area contributed by atoms with Crippen LogP contribution in [0.4, 0.5) is 4.39 Å². The van der Waals surface area contributed by atoms with Gasteiger partial charge in [-0.3, -0.25) is 9.80 Å². The SMILES string of the molecule is Cc1[nH]cnc1CN1C[C@@H]2CC[C@H](C1)N(CC=Cc1ccc(F)cc1)C2. The van der Waals surface area contributed by atoms with Gasteiger partial charge in [-0.15, -0.1) is 0 Å². The minimum Gasteiger partial charge on any atom is -0.348 e. The number of benzene rings is 1. The van der Waals surface area contributed by atoms with E-state index >= 15 is 0 Å². The fraction of sp³-hybridized carbons (Fsp3) is 0.476. The van der Waals surface area contributed by atoms with Gasteiger partial charge in [0, 0.05) is 44.5 Å². The lowest BCUT2D eigenvalue weighted by Gasteiger charge is -2.35. The molecule has 0 aliphatic carbocycles. The molecule has 5 rings (SSSR count). The van der Waals surface area contributed by atoms with Crippen molar-refractivity contribution >= 4 is 6.08 Å². The number of piperidine rings is 1. The summed E-state index contributed by atoms with van der Waals surface area (Å²) >= 11 is 0. The van der Waals surface area contributed by atoms with Crippen molar-refractivity contribution in [2.75, 3.05) is 26.2 Å². The van der Waals surface area contributed by atoms with Crippen molar-refractivity contribution < 1.29 is 4.39 Å². The van der Waals surface area contributed by atoms with Crippen LogP contribution < -0.4 is 0 Å². The quantitative estimate of drug-likeness (QED) is 0.893. The second-order valence-corrected chi connectivity index (χ2v) is 7.67. The topological polar surface area (TPSA) is 35.2 Å². The van der Waals surface area contributed by atoms with E-state index in [1.807, 2.05) is 12.1 Å². The van der Waals surface area contributed by atoms with Crippen LogP contribution in [0, 0.1) is 18.7 Å². The summed E-state index contributed by atoms with van der Waals surface area (Å²) in [4.78, 5) is 12.9. The first-order chi connectivity index (χ1) is 12.7. The number of aromatic amines is 1. The number of H-pyrrole nitrogens is 1. The Morgan fingerprint density at radius 3 is 2.81 bits per heavy atom. The normalized spacial score (nSPS) is 24.4. The van der Waals surface area contributed by atoms with Crippen LogP contribution in [-0.2, 0) is 6.54 Å². The van der Waals surface area contributed by atoms with E-state index < -0.39 is 0 Å². The highest BCUT2D eigenvalue weighted by Crippen LogP contribution is 2.28. The number of aromatic nitrogens is 2. The van der Waals surface area contributed by atoms with Crippen molar-refractivity contribution in [2.45, 2.75) is 32.4 Å². The van der Waals surface area contributed by atoms with Crippen LogP contribution in [0.3, 0.4) is 0 Å². The van der Waals surface area contributed by atoms with Crippen LogP contribution in [0.1, 0.15) is 29.8 Å². The molecule has 2 aromatic rings. The molecular formula is C21H27FN4. The number of imidazole rings is 1. The molecule has 2 bridgehead atoms. The van der Waals surface area contributed by atoms with Gasteiger partial charge in [-0.05, 0) is 43.4 Å². The maximum atomic E-state index is 13.0. The number of nitrogens with zero attached hydrogens (tertiary/aromatic N) is 3. The Morgan fingerprint density at radius 1 is 1.19 bits per heavy atom. The number of fused-ring (bicyclic) bond motifs is 4. The lowest BCUT2D eigenvalue weighted by molar-refractivity contribution is 0.146. The minimum absolute atomic E-state index is 0.181. The maximum absolute atomic E-state index is 13.0. The minimum atomic E-state index is -0.181. The third-order valence-corrected chi connectivity index (χ3v) is 5.73. The van der Waals surface area contributed by atoms with Crippen LogP contribution in [-0.4, -0.2) is 52.0 Å². The predicted octanol–water partition coefficient (Wildman–Crippen LogP) is 3.47. The molecule has 4 heterocycles. The molecule has 26 heavy (non-hydrogen) atoms. The zero-order valence-electron chi connectivity index (χ0n) is 15.4. The highest BCUT2D eigenvalue weighted by molar-refractivity contribution is 5.49. The molecule has 1 aromatic heterocycles. The van der Waals surface area contributed by atoms with E-state index in [2.05, 4.69) is 38.8 Å². The predicted molar refractivity (Wildman–Crippen MR) is 102 cm³/mol. The van der Waals surface area contributed by atoms with E-state index in [-0.39, 0.29) is 5.82 Å². The van der Waals surface area contributed by atoms with Gasteiger partial charge in [0.15, 0.2) is 0 Å². The van der Waals surface area contributed by atoms with Crippen LogP contribution in [0.2, 0.25) is 0 Å². The van der Waals surface area contributed by atoms with Gasteiger partial charge in [-0.1, -0.05) is 24.3 Å². The summed E-state index contributed by atoms with van der Waals surface area (Å²) in [5, 5.41) is 0. The molecule has 3 aliphatic heterocycles. The summed E-state index contributed by atoms with van der Waals surface area (Å²) in [5.41, 5.74) is 3.41. The summed E-state index contributed by atoms with van der Waals surface area (Å²) in [6.45, 7) is 7.47. The van der Waals surface area contributed by atoms with Crippen molar-refractivity contribution in [1.29, 1.82) is 0 Å². The molecule has 138 valence electrons. The fourth-order valence-corrected chi connectivity index (χ4v) is 4.29. The van der Waals surface area contributed by atoms with Crippen LogP contribution in [0.5, 0.6) is 0 Å². The van der Waals surface area contributed by atoms with Crippen LogP contribution >= 0.6 is 0 Å².